The molecule has 1 N–H and O–H groups in total. The number of amides is 1. The number of nitrogens with zero attached hydrogens (tertiary/aromatic N) is 1. The first-order valence-corrected chi connectivity index (χ1v) is 5.04. The van der Waals surface area contributed by atoms with Crippen LogP contribution in [0.4, 0.5) is 0 Å². The summed E-state index contributed by atoms with van der Waals surface area (Å²) in [6, 6.07) is 7.62. The predicted molar refractivity (Wildman–Crippen MR) is 62.6 cm³/mol. The van der Waals surface area contributed by atoms with Gasteiger partial charge >= 0.3 is 0 Å². The quantitative estimate of drug-likeness (QED) is 0.751. The van der Waals surface area contributed by atoms with Crippen molar-refractivity contribution >= 4 is 5.91 Å². The Kier molecular flexibility index (Phi) is 4.56. The van der Waals surface area contributed by atoms with Gasteiger partial charge in [0.1, 0.15) is 6.61 Å². The molecule has 0 aliphatic rings. The fraction of sp³-hybridized carbons (Fsp3) is 0.308. The average Bonchev–Trinajstić information content (AvgIpc) is 2.28. The van der Waals surface area contributed by atoms with Crippen molar-refractivity contribution in [3.63, 3.8) is 0 Å². The highest BCUT2D eigenvalue weighted by Gasteiger charge is 2.02. The summed E-state index contributed by atoms with van der Waals surface area (Å²) in [6.45, 7) is 2.01. The van der Waals surface area contributed by atoms with Crippen LogP contribution in [0.15, 0.2) is 24.3 Å². The number of hydrogen-bond donors (Lipinski definition) is 1. The largest absolute Gasteiger partial charge is 0.384 e. The van der Waals surface area contributed by atoms with E-state index in [-0.39, 0.29) is 12.5 Å². The van der Waals surface area contributed by atoms with Gasteiger partial charge in [-0.1, -0.05) is 24.0 Å². The van der Waals surface area contributed by atoms with Crippen LogP contribution in [-0.2, 0) is 11.3 Å². The molecule has 84 valence electrons. The van der Waals surface area contributed by atoms with Crippen LogP contribution in [0.25, 0.3) is 0 Å². The van der Waals surface area contributed by atoms with E-state index in [4.69, 9.17) is 5.11 Å². The third-order valence-corrected chi connectivity index (χ3v) is 2.22. The second kappa shape index (κ2) is 5.94. The lowest BCUT2D eigenvalue weighted by molar-refractivity contribution is -0.128. The molecule has 0 fully saturated rings. The topological polar surface area (TPSA) is 40.5 Å². The summed E-state index contributed by atoms with van der Waals surface area (Å²) in [6.07, 6.45) is 0. The van der Waals surface area contributed by atoms with Crippen molar-refractivity contribution < 1.29 is 9.90 Å². The van der Waals surface area contributed by atoms with Crippen LogP contribution in [-0.4, -0.2) is 29.6 Å². The molecule has 16 heavy (non-hydrogen) atoms. The van der Waals surface area contributed by atoms with Crippen LogP contribution < -0.4 is 0 Å². The number of carbonyl (C=O) groups excluding carboxylic acids is 1. The molecule has 0 unspecified atom stereocenters. The zero-order valence-corrected chi connectivity index (χ0v) is 9.53. The predicted octanol–water partition coefficient (Wildman–Crippen LogP) is 1.01. The third-order valence-electron chi connectivity index (χ3n) is 2.22. The zero-order chi connectivity index (χ0) is 12.0. The molecule has 1 amide bonds. The molecule has 0 radical (unpaired) electrons. The first-order chi connectivity index (χ1) is 7.63. The standard InChI is InChI=1S/C13H15NO2/c1-11(16)14(2)10-13-7-5-12(6-8-13)4-3-9-15/h5-8,15H,9-10H2,1-2H3. The van der Waals surface area contributed by atoms with Crippen molar-refractivity contribution in [2.45, 2.75) is 13.5 Å². The summed E-state index contributed by atoms with van der Waals surface area (Å²) < 4.78 is 0. The molecule has 0 saturated carbocycles. The number of hydrogen-bond acceptors (Lipinski definition) is 2. The number of aliphatic hydroxyl groups is 1. The van der Waals surface area contributed by atoms with E-state index in [0.717, 1.165) is 11.1 Å². The number of rotatable bonds is 2. The van der Waals surface area contributed by atoms with Gasteiger partial charge in [-0.25, -0.2) is 0 Å². The molecule has 0 aromatic heterocycles. The SMILES string of the molecule is CC(=O)N(C)Cc1ccc(C#CCO)cc1. The Balaban J connectivity index is 2.68. The number of aliphatic hydroxyl groups excluding tert-OH is 1. The molecule has 0 spiro atoms. The van der Waals surface area contributed by atoms with Gasteiger partial charge in [0.2, 0.25) is 5.91 Å². The first kappa shape index (κ1) is 12.3. The maximum Gasteiger partial charge on any atom is 0.219 e. The van der Waals surface area contributed by atoms with E-state index in [9.17, 15) is 4.79 Å². The molecule has 3 nitrogen and oxygen atoms in total. The summed E-state index contributed by atoms with van der Waals surface area (Å²) >= 11 is 0. The summed E-state index contributed by atoms with van der Waals surface area (Å²) in [7, 11) is 1.77. The van der Waals surface area contributed by atoms with E-state index in [2.05, 4.69) is 11.8 Å². The second-order valence-corrected chi connectivity index (χ2v) is 3.53. The molecule has 3 heteroatoms. The fourth-order valence-electron chi connectivity index (χ4n) is 1.22. The van der Waals surface area contributed by atoms with Crippen LogP contribution in [0.2, 0.25) is 0 Å². The monoisotopic (exact) mass is 217 g/mol. The van der Waals surface area contributed by atoms with Crippen LogP contribution in [0.1, 0.15) is 18.1 Å². The summed E-state index contributed by atoms with van der Waals surface area (Å²) in [4.78, 5) is 12.7. The maximum atomic E-state index is 11.0. The third kappa shape index (κ3) is 3.76. The second-order valence-electron chi connectivity index (χ2n) is 3.53. The van der Waals surface area contributed by atoms with Gasteiger partial charge in [-0.2, -0.15) is 0 Å². The van der Waals surface area contributed by atoms with Crippen LogP contribution in [0.3, 0.4) is 0 Å². The Morgan fingerprint density at radius 3 is 2.50 bits per heavy atom. The van der Waals surface area contributed by atoms with E-state index in [1.54, 1.807) is 18.9 Å². The molecule has 0 atom stereocenters. The van der Waals surface area contributed by atoms with Crippen LogP contribution in [0, 0.1) is 11.8 Å². The van der Waals surface area contributed by atoms with Crippen molar-refractivity contribution in [2.75, 3.05) is 13.7 Å². The highest BCUT2D eigenvalue weighted by molar-refractivity contribution is 5.72. The molecule has 0 aliphatic carbocycles. The van der Waals surface area contributed by atoms with Crippen molar-refractivity contribution in [2.24, 2.45) is 0 Å². The minimum absolute atomic E-state index is 0.0455. The summed E-state index contributed by atoms with van der Waals surface area (Å²) in [5.41, 5.74) is 1.93. The van der Waals surface area contributed by atoms with Crippen LogP contribution >= 0.6 is 0 Å². The van der Waals surface area contributed by atoms with Gasteiger partial charge in [-0.05, 0) is 17.7 Å². The minimum atomic E-state index is -0.130. The Morgan fingerprint density at radius 2 is 2.00 bits per heavy atom. The molecule has 0 aliphatic heterocycles. The molecular weight excluding hydrogens is 202 g/mol. The van der Waals surface area contributed by atoms with Gasteiger partial charge in [0.05, 0.1) is 0 Å². The first-order valence-electron chi connectivity index (χ1n) is 5.04. The van der Waals surface area contributed by atoms with E-state index < -0.39 is 0 Å². The lowest BCUT2D eigenvalue weighted by Gasteiger charge is -2.14. The van der Waals surface area contributed by atoms with Gasteiger partial charge in [0, 0.05) is 26.1 Å². The lowest BCUT2D eigenvalue weighted by atomic mass is 10.1. The van der Waals surface area contributed by atoms with Gasteiger partial charge in [-0.15, -0.1) is 0 Å². The number of carbonyl (C=O) groups is 1. The Labute approximate surface area is 95.7 Å². The summed E-state index contributed by atoms with van der Waals surface area (Å²) in [5, 5.41) is 8.54. The smallest absolute Gasteiger partial charge is 0.219 e. The van der Waals surface area contributed by atoms with Gasteiger partial charge in [-0.3, -0.25) is 4.79 Å². The normalized spacial score (nSPS) is 9.19. The zero-order valence-electron chi connectivity index (χ0n) is 9.53. The van der Waals surface area contributed by atoms with E-state index in [1.165, 1.54) is 0 Å². The Hall–Kier alpha value is -1.79. The van der Waals surface area contributed by atoms with Crippen molar-refractivity contribution in [1.29, 1.82) is 0 Å². The van der Waals surface area contributed by atoms with E-state index in [0.29, 0.717) is 6.54 Å². The molecule has 0 bridgehead atoms. The van der Waals surface area contributed by atoms with E-state index >= 15 is 0 Å². The minimum Gasteiger partial charge on any atom is -0.384 e. The highest BCUT2D eigenvalue weighted by Crippen LogP contribution is 2.06. The molecule has 1 aromatic carbocycles. The van der Waals surface area contributed by atoms with Crippen molar-refractivity contribution in [1.82, 2.24) is 4.90 Å². The molecule has 1 rings (SSSR count). The fourth-order valence-corrected chi connectivity index (χ4v) is 1.22. The lowest BCUT2D eigenvalue weighted by Crippen LogP contribution is -2.22. The Morgan fingerprint density at radius 1 is 1.38 bits per heavy atom. The van der Waals surface area contributed by atoms with Crippen LogP contribution in [0.5, 0.6) is 0 Å². The maximum absolute atomic E-state index is 11.0. The molecular formula is C13H15NO2. The Bertz CT molecular complexity index is 412. The number of benzene rings is 1. The van der Waals surface area contributed by atoms with Gasteiger partial charge < -0.3 is 10.0 Å². The van der Waals surface area contributed by atoms with Gasteiger partial charge in [0.25, 0.3) is 0 Å². The average molecular weight is 217 g/mol. The molecule has 1 aromatic rings. The van der Waals surface area contributed by atoms with Crippen molar-refractivity contribution in [3.8, 4) is 11.8 Å². The van der Waals surface area contributed by atoms with Gasteiger partial charge in [0.15, 0.2) is 0 Å². The highest BCUT2D eigenvalue weighted by atomic mass is 16.2. The van der Waals surface area contributed by atoms with E-state index in [1.807, 2.05) is 24.3 Å². The van der Waals surface area contributed by atoms with Crippen molar-refractivity contribution in [3.05, 3.63) is 35.4 Å². The molecule has 0 heterocycles. The molecule has 0 saturated heterocycles. The summed E-state index contributed by atoms with van der Waals surface area (Å²) in [5.74, 6) is 5.45.